The molecule has 0 bridgehead atoms. The summed E-state index contributed by atoms with van der Waals surface area (Å²) in [6, 6.07) is 2.67. The van der Waals surface area contributed by atoms with E-state index in [-0.39, 0.29) is 23.4 Å². The minimum atomic E-state index is -3.92. The lowest BCUT2D eigenvalue weighted by molar-refractivity contribution is 0.114. The molecular formula is C11H15ClN2O4S. The van der Waals surface area contributed by atoms with Gasteiger partial charge in [0.2, 0.25) is 10.0 Å². The summed E-state index contributed by atoms with van der Waals surface area (Å²) in [5.74, 6) is -0.535. The number of aromatic hydroxyl groups is 1. The fourth-order valence-electron chi connectivity index (χ4n) is 1.90. The lowest BCUT2D eigenvalue weighted by Gasteiger charge is -2.14. The molecule has 1 heterocycles. The Morgan fingerprint density at radius 3 is 2.89 bits per heavy atom. The minimum Gasteiger partial charge on any atom is -0.504 e. The number of nitrogens with one attached hydrogen (secondary N) is 1. The summed E-state index contributed by atoms with van der Waals surface area (Å²) >= 11 is 5.82. The van der Waals surface area contributed by atoms with Crippen LogP contribution in [-0.4, -0.2) is 32.8 Å². The zero-order chi connectivity index (χ0) is 14.0. The Labute approximate surface area is 116 Å². The van der Waals surface area contributed by atoms with E-state index in [1.54, 1.807) is 0 Å². The number of hydrogen-bond donors (Lipinski definition) is 3. The standard InChI is InChI=1S/C11H15ClN2O4S/c12-8-3-4-9(13)10(15)11(8)19(16,17)14-6-7-2-1-5-18-7/h3-4,7,14-15H,1-2,5-6,13H2. The van der Waals surface area contributed by atoms with E-state index in [0.29, 0.717) is 6.61 Å². The van der Waals surface area contributed by atoms with E-state index in [1.165, 1.54) is 12.1 Å². The van der Waals surface area contributed by atoms with Gasteiger partial charge < -0.3 is 15.6 Å². The summed E-state index contributed by atoms with van der Waals surface area (Å²) < 4.78 is 31.9. The Morgan fingerprint density at radius 1 is 1.53 bits per heavy atom. The van der Waals surface area contributed by atoms with Gasteiger partial charge >= 0.3 is 0 Å². The van der Waals surface area contributed by atoms with Gasteiger partial charge in [-0.2, -0.15) is 0 Å². The number of benzene rings is 1. The largest absolute Gasteiger partial charge is 0.504 e. The molecule has 106 valence electrons. The molecule has 1 aliphatic rings. The zero-order valence-corrected chi connectivity index (χ0v) is 11.7. The Balaban J connectivity index is 2.21. The Bertz CT molecular complexity index is 570. The summed E-state index contributed by atoms with van der Waals surface area (Å²) in [6.07, 6.45) is 1.58. The molecule has 0 amide bonds. The lowest BCUT2D eigenvalue weighted by atomic mass is 10.2. The molecule has 1 aromatic rings. The molecule has 0 spiro atoms. The third-order valence-corrected chi connectivity index (χ3v) is 4.83. The van der Waals surface area contributed by atoms with E-state index in [2.05, 4.69) is 4.72 Å². The normalized spacial score (nSPS) is 19.7. The smallest absolute Gasteiger partial charge is 0.245 e. The second-order valence-electron chi connectivity index (χ2n) is 4.30. The number of rotatable bonds is 4. The number of halogens is 1. The highest BCUT2D eigenvalue weighted by Gasteiger charge is 2.26. The molecule has 1 saturated heterocycles. The van der Waals surface area contributed by atoms with Gasteiger partial charge in [0.25, 0.3) is 0 Å². The molecule has 1 aromatic carbocycles. The van der Waals surface area contributed by atoms with Gasteiger partial charge in [-0.25, -0.2) is 13.1 Å². The van der Waals surface area contributed by atoms with E-state index in [1.807, 2.05) is 0 Å². The van der Waals surface area contributed by atoms with Crippen LogP contribution in [0.25, 0.3) is 0 Å². The van der Waals surface area contributed by atoms with Crippen LogP contribution < -0.4 is 10.5 Å². The van der Waals surface area contributed by atoms with Gasteiger partial charge in [0.15, 0.2) is 5.75 Å². The Kier molecular flexibility index (Phi) is 4.19. The van der Waals surface area contributed by atoms with Crippen molar-refractivity contribution in [1.29, 1.82) is 0 Å². The van der Waals surface area contributed by atoms with Gasteiger partial charge in [-0.3, -0.25) is 0 Å². The molecular weight excluding hydrogens is 292 g/mol. The summed E-state index contributed by atoms with van der Waals surface area (Å²) in [6.45, 7) is 0.781. The molecule has 19 heavy (non-hydrogen) atoms. The number of phenolic OH excluding ortho intramolecular Hbond substituents is 1. The molecule has 1 unspecified atom stereocenters. The maximum Gasteiger partial charge on any atom is 0.245 e. The number of phenols is 1. The third-order valence-electron chi connectivity index (χ3n) is 2.91. The minimum absolute atomic E-state index is 0.0399. The highest BCUT2D eigenvalue weighted by molar-refractivity contribution is 7.89. The Morgan fingerprint density at radius 2 is 2.26 bits per heavy atom. The SMILES string of the molecule is Nc1ccc(Cl)c(S(=O)(=O)NCC2CCCO2)c1O. The molecule has 2 rings (SSSR count). The van der Waals surface area contributed by atoms with E-state index in [4.69, 9.17) is 22.1 Å². The van der Waals surface area contributed by atoms with Crippen LogP contribution in [-0.2, 0) is 14.8 Å². The fourth-order valence-corrected chi connectivity index (χ4v) is 3.60. The number of ether oxygens (including phenoxy) is 1. The maximum absolute atomic E-state index is 12.1. The molecule has 1 aliphatic heterocycles. The van der Waals surface area contributed by atoms with Gasteiger partial charge in [0.05, 0.1) is 16.8 Å². The van der Waals surface area contributed by atoms with Crippen LogP contribution in [0.15, 0.2) is 17.0 Å². The van der Waals surface area contributed by atoms with E-state index < -0.39 is 20.7 Å². The average molecular weight is 307 g/mol. The lowest BCUT2D eigenvalue weighted by Crippen LogP contribution is -2.32. The molecule has 8 heteroatoms. The first-order valence-electron chi connectivity index (χ1n) is 5.80. The molecule has 0 aliphatic carbocycles. The first-order valence-corrected chi connectivity index (χ1v) is 7.66. The van der Waals surface area contributed by atoms with Crippen molar-refractivity contribution in [2.45, 2.75) is 23.8 Å². The molecule has 1 atom stereocenters. The van der Waals surface area contributed by atoms with Crippen molar-refractivity contribution < 1.29 is 18.3 Å². The van der Waals surface area contributed by atoms with Gasteiger partial charge in [-0.15, -0.1) is 0 Å². The number of nitrogens with two attached hydrogens (primary N) is 1. The van der Waals surface area contributed by atoms with Crippen LogP contribution in [0.3, 0.4) is 0 Å². The van der Waals surface area contributed by atoms with Crippen LogP contribution in [0.1, 0.15) is 12.8 Å². The second kappa shape index (κ2) is 5.54. The number of anilines is 1. The van der Waals surface area contributed by atoms with Gasteiger partial charge in [-0.05, 0) is 25.0 Å². The zero-order valence-electron chi connectivity index (χ0n) is 10.1. The number of sulfonamides is 1. The molecule has 6 nitrogen and oxygen atoms in total. The van der Waals surface area contributed by atoms with Crippen molar-refractivity contribution in [3.05, 3.63) is 17.2 Å². The molecule has 1 fully saturated rings. The first kappa shape index (κ1) is 14.4. The van der Waals surface area contributed by atoms with Crippen LogP contribution in [0.2, 0.25) is 5.02 Å². The summed E-state index contributed by atoms with van der Waals surface area (Å²) in [5, 5.41) is 9.67. The van der Waals surface area contributed by atoms with Crippen LogP contribution >= 0.6 is 11.6 Å². The Hall–Kier alpha value is -1.02. The van der Waals surface area contributed by atoms with Crippen molar-refractivity contribution in [3.8, 4) is 5.75 Å². The van der Waals surface area contributed by atoms with Gasteiger partial charge in [0, 0.05) is 13.2 Å². The summed E-state index contributed by atoms with van der Waals surface area (Å²) in [5.41, 5.74) is 5.44. The quantitative estimate of drug-likeness (QED) is 0.571. The van der Waals surface area contributed by atoms with Crippen molar-refractivity contribution >= 4 is 27.3 Å². The maximum atomic E-state index is 12.1. The molecule has 0 saturated carbocycles. The van der Waals surface area contributed by atoms with Crippen molar-refractivity contribution in [2.75, 3.05) is 18.9 Å². The van der Waals surface area contributed by atoms with Crippen LogP contribution in [0.5, 0.6) is 5.75 Å². The predicted octanol–water partition coefficient (Wildman–Crippen LogP) is 1.09. The third kappa shape index (κ3) is 3.11. The summed E-state index contributed by atoms with van der Waals surface area (Å²) in [4.78, 5) is -0.396. The van der Waals surface area contributed by atoms with Crippen molar-refractivity contribution in [3.63, 3.8) is 0 Å². The molecule has 4 N–H and O–H groups in total. The van der Waals surface area contributed by atoms with Gasteiger partial charge in [-0.1, -0.05) is 11.6 Å². The summed E-state index contributed by atoms with van der Waals surface area (Å²) in [7, 11) is -3.92. The molecule has 0 radical (unpaired) electrons. The number of hydrogen-bond acceptors (Lipinski definition) is 5. The second-order valence-corrected chi connectivity index (χ2v) is 6.41. The number of nitrogen functional groups attached to an aromatic ring is 1. The van der Waals surface area contributed by atoms with Crippen molar-refractivity contribution in [2.24, 2.45) is 0 Å². The average Bonchev–Trinajstić information content (AvgIpc) is 2.85. The van der Waals surface area contributed by atoms with E-state index in [0.717, 1.165) is 12.8 Å². The van der Waals surface area contributed by atoms with Crippen LogP contribution in [0.4, 0.5) is 5.69 Å². The highest BCUT2D eigenvalue weighted by atomic mass is 35.5. The fraction of sp³-hybridized carbons (Fsp3) is 0.455. The van der Waals surface area contributed by atoms with Crippen LogP contribution in [0, 0.1) is 0 Å². The molecule has 0 aromatic heterocycles. The van der Waals surface area contributed by atoms with Gasteiger partial charge in [0.1, 0.15) is 4.90 Å². The topological polar surface area (TPSA) is 102 Å². The highest BCUT2D eigenvalue weighted by Crippen LogP contribution is 2.34. The van der Waals surface area contributed by atoms with Crippen molar-refractivity contribution in [1.82, 2.24) is 4.72 Å². The first-order chi connectivity index (χ1) is 8.92. The monoisotopic (exact) mass is 306 g/mol. The van der Waals surface area contributed by atoms with E-state index >= 15 is 0 Å². The predicted molar refractivity (Wildman–Crippen MR) is 71.7 cm³/mol. The van der Waals surface area contributed by atoms with E-state index in [9.17, 15) is 13.5 Å².